The second-order valence-electron chi connectivity index (χ2n) is 15.7. The normalized spacial score (nSPS) is 17.5. The van der Waals surface area contributed by atoms with Crippen LogP contribution in [0.1, 0.15) is 85.3 Å². The zero-order valence-corrected chi connectivity index (χ0v) is 35.8. The van der Waals surface area contributed by atoms with E-state index in [1.165, 1.54) is 81.1 Å². The van der Waals surface area contributed by atoms with Crippen LogP contribution in [0.25, 0.3) is 21.5 Å². The van der Waals surface area contributed by atoms with Crippen molar-refractivity contribution >= 4 is 58.3 Å². The van der Waals surface area contributed by atoms with Gasteiger partial charge in [-0.15, -0.1) is 0 Å². The molecule has 6 nitrogen and oxygen atoms in total. The van der Waals surface area contributed by atoms with E-state index in [1.807, 2.05) is 0 Å². The van der Waals surface area contributed by atoms with E-state index in [-0.39, 0.29) is 17.8 Å². The number of unbranched alkanes of at least 4 members (excludes halogenated alkanes) is 2. The van der Waals surface area contributed by atoms with E-state index in [0.717, 1.165) is 13.1 Å². The fourth-order valence-electron chi connectivity index (χ4n) is 8.01. The van der Waals surface area contributed by atoms with Gasteiger partial charge < -0.3 is 4.90 Å². The standard InChI is InChI=1S/C41H47N2.C4H3F6O4S2/c1-7-9-28-42-34-26-24-30-18-14-16-20-32(30)38(34)40(3,4)36(42)22-12-11-13-23-37-41(5,6)39-33-21-17-15-19-31(33)25-27-35(39)43(37)29-10-8-2;1-2(15(11,12)3(5,6)7)16(13,14)4(8,9)10/h11-27H,7-10,28-29H2,1-6H3;1H3/q+1;-1. The number of fused-ring (bicyclic) bond motifs is 6. The minimum Gasteiger partial charge on any atom is -0.344 e. The van der Waals surface area contributed by atoms with Crippen molar-refractivity contribution in [3.8, 4) is 0 Å². The van der Waals surface area contributed by atoms with Crippen molar-refractivity contribution in [2.45, 2.75) is 96.0 Å². The van der Waals surface area contributed by atoms with Crippen molar-refractivity contribution in [1.29, 1.82) is 0 Å². The first-order valence-electron chi connectivity index (χ1n) is 19.4. The highest BCUT2D eigenvalue weighted by Gasteiger charge is 2.52. The number of nitrogens with zero attached hydrogens (tertiary/aromatic N) is 2. The van der Waals surface area contributed by atoms with E-state index in [4.69, 9.17) is 0 Å². The Morgan fingerprint density at radius 3 is 1.75 bits per heavy atom. The van der Waals surface area contributed by atoms with Crippen molar-refractivity contribution < 1.29 is 47.8 Å². The van der Waals surface area contributed by atoms with E-state index >= 15 is 0 Å². The summed E-state index contributed by atoms with van der Waals surface area (Å²) in [6.45, 7) is 16.0. The molecular weight excluding hydrogens is 811 g/mol. The number of rotatable bonds is 11. The Bertz CT molecular complexity index is 2520. The summed E-state index contributed by atoms with van der Waals surface area (Å²) in [5.41, 5.74) is -3.93. The highest BCUT2D eigenvalue weighted by atomic mass is 32.3. The molecule has 0 saturated carbocycles. The predicted molar refractivity (Wildman–Crippen MR) is 226 cm³/mol. The van der Waals surface area contributed by atoms with Crippen molar-refractivity contribution in [1.82, 2.24) is 0 Å². The summed E-state index contributed by atoms with van der Waals surface area (Å²) in [6, 6.07) is 27.0. The van der Waals surface area contributed by atoms with Gasteiger partial charge in [-0.25, -0.2) is 0 Å². The van der Waals surface area contributed by atoms with Gasteiger partial charge in [0.25, 0.3) is 0 Å². The van der Waals surface area contributed by atoms with Gasteiger partial charge in [0.15, 0.2) is 5.71 Å². The van der Waals surface area contributed by atoms with E-state index in [0.29, 0.717) is 0 Å². The lowest BCUT2D eigenvalue weighted by Crippen LogP contribution is -2.37. The maximum atomic E-state index is 11.8. The molecule has 14 heteroatoms. The van der Waals surface area contributed by atoms with Crippen LogP contribution in [0.4, 0.5) is 37.7 Å². The quantitative estimate of drug-likeness (QED) is 0.0650. The molecule has 0 aliphatic carbocycles. The molecule has 318 valence electrons. The Labute approximate surface area is 343 Å². The third-order valence-electron chi connectivity index (χ3n) is 11.1. The molecule has 0 unspecified atom stereocenters. The van der Waals surface area contributed by atoms with E-state index in [1.54, 1.807) is 0 Å². The number of benzene rings is 4. The third-order valence-corrected chi connectivity index (χ3v) is 15.1. The van der Waals surface area contributed by atoms with Gasteiger partial charge in [-0.2, -0.15) is 37.8 Å². The van der Waals surface area contributed by atoms with Gasteiger partial charge in [-0.05, 0) is 65.6 Å². The molecule has 4 aromatic rings. The van der Waals surface area contributed by atoms with Crippen LogP contribution in [-0.4, -0.2) is 51.2 Å². The van der Waals surface area contributed by atoms with Crippen molar-refractivity contribution in [3.05, 3.63) is 125 Å². The third kappa shape index (κ3) is 8.49. The van der Waals surface area contributed by atoms with Crippen LogP contribution in [-0.2, 0) is 30.5 Å². The molecule has 4 aromatic carbocycles. The lowest BCUT2D eigenvalue weighted by atomic mass is 9.79. The van der Waals surface area contributed by atoms with Gasteiger partial charge in [-0.1, -0.05) is 118 Å². The van der Waals surface area contributed by atoms with Gasteiger partial charge in [-0.3, -0.25) is 16.8 Å². The molecule has 0 saturated heterocycles. The fraction of sp³-hybridized carbons (Fsp3) is 0.378. The zero-order valence-electron chi connectivity index (χ0n) is 34.2. The Hall–Kier alpha value is -4.43. The molecular formula is C45H50F6N2O4S2. The van der Waals surface area contributed by atoms with Crippen molar-refractivity contribution in [2.24, 2.45) is 0 Å². The highest BCUT2D eigenvalue weighted by Crippen LogP contribution is 2.51. The van der Waals surface area contributed by atoms with Gasteiger partial charge in [0.05, 0.1) is 5.41 Å². The van der Waals surface area contributed by atoms with Crippen molar-refractivity contribution in [2.75, 3.05) is 18.0 Å². The number of alkyl halides is 6. The maximum absolute atomic E-state index is 11.8. The summed E-state index contributed by atoms with van der Waals surface area (Å²) >= 11 is 0. The molecule has 6 rings (SSSR count). The minimum absolute atomic E-state index is 0.0696. The number of halogens is 6. The van der Waals surface area contributed by atoms with Crippen LogP contribution < -0.4 is 4.90 Å². The van der Waals surface area contributed by atoms with Gasteiger partial charge in [0.2, 0.25) is 5.69 Å². The molecule has 0 radical (unpaired) electrons. The summed E-state index contributed by atoms with van der Waals surface area (Å²) in [4.78, 5) is 2.57. The first-order chi connectivity index (χ1) is 27.5. The van der Waals surface area contributed by atoms with E-state index < -0.39 is 35.3 Å². The van der Waals surface area contributed by atoms with Crippen LogP contribution >= 0.6 is 0 Å². The molecule has 0 N–H and O–H groups in total. The molecule has 59 heavy (non-hydrogen) atoms. The SMILES string of the molecule is CCCCN1/C(=C/C=C/C=C/C2=[N+](CCCC)c3ccc4ccccc4c3C2(C)C)C(C)(C)c2c1ccc1ccccc21.C[C-](S(=O)(=O)C(F)(F)F)S(=O)(=O)C(F)(F)F. The summed E-state index contributed by atoms with van der Waals surface area (Å²) in [6.07, 6.45) is 16.2. The smallest absolute Gasteiger partial charge is 0.344 e. The van der Waals surface area contributed by atoms with E-state index in [9.17, 15) is 43.2 Å². The lowest BCUT2D eigenvalue weighted by Gasteiger charge is -2.27. The second-order valence-corrected chi connectivity index (χ2v) is 20.1. The summed E-state index contributed by atoms with van der Waals surface area (Å²) in [5, 5.41) is 5.39. The summed E-state index contributed by atoms with van der Waals surface area (Å²) < 4.78 is 112. The number of hydrogen-bond donors (Lipinski definition) is 0. The number of hydrogen-bond acceptors (Lipinski definition) is 5. The number of allylic oxidation sites excluding steroid dienone is 6. The molecule has 0 atom stereocenters. The Balaban J connectivity index is 0.000000352. The van der Waals surface area contributed by atoms with Crippen LogP contribution in [0.2, 0.25) is 0 Å². The molecule has 2 aliphatic heterocycles. The summed E-state index contributed by atoms with van der Waals surface area (Å²) in [7, 11) is -13.0. The maximum Gasteiger partial charge on any atom is 0.469 e. The number of sulfone groups is 2. The molecule has 2 aliphatic rings. The monoisotopic (exact) mass is 860 g/mol. The van der Waals surface area contributed by atoms with Crippen LogP contribution in [0.15, 0.2) is 109 Å². The van der Waals surface area contributed by atoms with Crippen molar-refractivity contribution in [3.63, 3.8) is 0 Å². The molecule has 0 amide bonds. The topological polar surface area (TPSA) is 74.5 Å². The number of anilines is 1. The zero-order chi connectivity index (χ0) is 43.8. The molecule has 0 bridgehead atoms. The average Bonchev–Trinajstić information content (AvgIpc) is 3.53. The van der Waals surface area contributed by atoms with Crippen LogP contribution in [0.5, 0.6) is 0 Å². The second kappa shape index (κ2) is 16.9. The lowest BCUT2D eigenvalue weighted by molar-refractivity contribution is -0.438. The van der Waals surface area contributed by atoms with Gasteiger partial charge >= 0.3 is 11.0 Å². The molecule has 2 heterocycles. The highest BCUT2D eigenvalue weighted by molar-refractivity contribution is 8.13. The fourth-order valence-corrected chi connectivity index (χ4v) is 10.4. The molecule has 0 aromatic heterocycles. The average molecular weight is 861 g/mol. The Morgan fingerprint density at radius 1 is 0.678 bits per heavy atom. The minimum atomic E-state index is -6.51. The first-order valence-corrected chi connectivity index (χ1v) is 22.4. The van der Waals surface area contributed by atoms with E-state index in [2.05, 4.69) is 154 Å². The first kappa shape index (κ1) is 45.7. The largest absolute Gasteiger partial charge is 0.469 e. The molecule has 0 fully saturated rings. The van der Waals surface area contributed by atoms with Gasteiger partial charge in [0, 0.05) is 47.5 Å². The van der Waals surface area contributed by atoms with Crippen LogP contribution in [0, 0.1) is 4.58 Å². The molecule has 0 spiro atoms. The Morgan fingerprint density at radius 2 is 1.20 bits per heavy atom. The van der Waals surface area contributed by atoms with Gasteiger partial charge in [0.1, 0.15) is 26.2 Å². The predicted octanol–water partition coefficient (Wildman–Crippen LogP) is 12.1. The Kier molecular flexibility index (Phi) is 13.1. The van der Waals surface area contributed by atoms with Crippen LogP contribution in [0.3, 0.4) is 0 Å². The summed E-state index contributed by atoms with van der Waals surface area (Å²) in [5.74, 6) is 0.